The van der Waals surface area contributed by atoms with E-state index in [4.69, 9.17) is 11.5 Å². The molecule has 2 amide bonds. The number of nitrogens with zero attached hydrogens (tertiary/aromatic N) is 4. The van der Waals surface area contributed by atoms with Crippen molar-refractivity contribution in [2.45, 2.75) is 139 Å². The maximum Gasteiger partial charge on any atom is 0.228 e. The van der Waals surface area contributed by atoms with Gasteiger partial charge in [0.25, 0.3) is 0 Å². The summed E-state index contributed by atoms with van der Waals surface area (Å²) >= 11 is 0. The summed E-state index contributed by atoms with van der Waals surface area (Å²) in [6.45, 7) is 5.93. The molecule has 6 aliphatic rings. The number of aliphatic imine (C=N–C) groups is 1. The lowest BCUT2D eigenvalue weighted by Crippen LogP contribution is -2.67. The molecule has 5 aliphatic heterocycles. The first-order valence-corrected chi connectivity index (χ1v) is 19.3. The molecule has 272 valence electrons. The van der Waals surface area contributed by atoms with Gasteiger partial charge in [0.2, 0.25) is 11.8 Å². The fraction of sp³-hybridized carbons (Fsp3) is 0.917. The number of piperidine rings is 4. The highest BCUT2D eigenvalue weighted by Crippen LogP contribution is 2.46. The Morgan fingerprint density at radius 2 is 1.52 bits per heavy atom. The van der Waals surface area contributed by atoms with Crippen molar-refractivity contribution in [1.29, 1.82) is 0 Å². The van der Waals surface area contributed by atoms with E-state index in [1.807, 2.05) is 0 Å². The lowest BCUT2D eigenvalue weighted by Gasteiger charge is -2.46. The molecule has 1 spiro atoms. The summed E-state index contributed by atoms with van der Waals surface area (Å²) in [6, 6.07) is -0.920. The Hall–Kier alpha value is -1.73. The monoisotopic (exact) mass is 676 g/mol. The summed E-state index contributed by atoms with van der Waals surface area (Å²) in [4.78, 5) is 39.0. The smallest absolute Gasteiger partial charge is 0.228 e. The van der Waals surface area contributed by atoms with Gasteiger partial charge in [0, 0.05) is 44.4 Å². The first kappa shape index (κ1) is 36.1. The largest absolute Gasteiger partial charge is 0.350 e. The lowest BCUT2D eigenvalue weighted by atomic mass is 9.65. The second-order valence-corrected chi connectivity index (χ2v) is 16.0. The average Bonchev–Trinajstić information content (AvgIpc) is 3.10. The van der Waals surface area contributed by atoms with Gasteiger partial charge in [-0.2, -0.15) is 0 Å². The maximum absolute atomic E-state index is 15.7. The van der Waals surface area contributed by atoms with E-state index >= 15 is 4.39 Å². The minimum absolute atomic E-state index is 0.0381. The minimum atomic E-state index is -1.17. The Balaban J connectivity index is 1.06. The fourth-order valence-electron chi connectivity index (χ4n) is 10.1. The van der Waals surface area contributed by atoms with Gasteiger partial charge in [-0.15, -0.1) is 0 Å². The zero-order chi connectivity index (χ0) is 33.7. The van der Waals surface area contributed by atoms with Crippen LogP contribution in [0.5, 0.6) is 0 Å². The molecule has 0 aromatic rings. The van der Waals surface area contributed by atoms with Crippen molar-refractivity contribution in [3.63, 3.8) is 0 Å². The second-order valence-electron chi connectivity index (χ2n) is 16.0. The molecule has 0 aromatic carbocycles. The molecule has 12 heteroatoms. The van der Waals surface area contributed by atoms with E-state index in [1.54, 1.807) is 0 Å². The van der Waals surface area contributed by atoms with Crippen molar-refractivity contribution in [3.05, 3.63) is 0 Å². The molecule has 4 saturated heterocycles. The van der Waals surface area contributed by atoms with E-state index in [0.29, 0.717) is 51.4 Å². The van der Waals surface area contributed by atoms with Crippen LogP contribution in [0.3, 0.4) is 0 Å². The van der Waals surface area contributed by atoms with Crippen LogP contribution in [-0.4, -0.2) is 128 Å². The topological polar surface area (TPSA) is 132 Å². The van der Waals surface area contributed by atoms with Crippen LogP contribution in [-0.2, 0) is 9.59 Å². The summed E-state index contributed by atoms with van der Waals surface area (Å²) in [5, 5.41) is 6.29. The van der Waals surface area contributed by atoms with E-state index in [2.05, 4.69) is 30.3 Å². The van der Waals surface area contributed by atoms with Crippen LogP contribution in [0.1, 0.15) is 96.3 Å². The molecule has 5 heterocycles. The van der Waals surface area contributed by atoms with Crippen LogP contribution in [0.15, 0.2) is 4.99 Å². The number of carbonyl (C=O) groups is 2. The summed E-state index contributed by atoms with van der Waals surface area (Å²) in [5.41, 5.74) is 12.5. The molecule has 48 heavy (non-hydrogen) atoms. The van der Waals surface area contributed by atoms with Gasteiger partial charge < -0.3 is 31.9 Å². The zero-order valence-electron chi connectivity index (χ0n) is 29.1. The quantitative estimate of drug-likeness (QED) is 0.305. The Morgan fingerprint density at radius 1 is 0.833 bits per heavy atom. The first-order chi connectivity index (χ1) is 23.2. The molecule has 6 rings (SSSR count). The standard InChI is InChI=1S/C36H62F2N8O2/c37-26-7-14-36(12-3-1-4-13-36)21-29(42-22-26)31(33(39)40)34(47)43-30-24-41-23-28(38)32(30)45-17-8-25(9-18-45)35(48)46-19-10-27(11-20-46)44-15-5-2-6-16-44/h22,25-33,41H,1-21,23-24,39-40H2,(H,43,47)/b42-22-. The average molecular weight is 677 g/mol. The van der Waals surface area contributed by atoms with Gasteiger partial charge in [0.1, 0.15) is 12.3 Å². The number of carbonyl (C=O) groups excluding carboxylic acids is 2. The lowest BCUT2D eigenvalue weighted by molar-refractivity contribution is -0.139. The number of likely N-dealkylation sites (tertiary alicyclic amines) is 3. The van der Waals surface area contributed by atoms with E-state index < -0.39 is 42.6 Å². The predicted octanol–water partition coefficient (Wildman–Crippen LogP) is 2.74. The van der Waals surface area contributed by atoms with E-state index in [1.165, 1.54) is 45.0 Å². The summed E-state index contributed by atoms with van der Waals surface area (Å²) < 4.78 is 30.5. The number of rotatable bonds is 7. The Morgan fingerprint density at radius 3 is 2.21 bits per heavy atom. The van der Waals surface area contributed by atoms with Crippen LogP contribution < -0.4 is 22.1 Å². The zero-order valence-corrected chi connectivity index (χ0v) is 29.1. The third-order valence-corrected chi connectivity index (χ3v) is 12.9. The third kappa shape index (κ3) is 8.58. The number of amides is 2. The number of hydrogen-bond donors (Lipinski definition) is 4. The normalized spacial score (nSPS) is 34.8. The van der Waals surface area contributed by atoms with Crippen LogP contribution in [0.25, 0.3) is 0 Å². The number of nitrogens with one attached hydrogen (secondary N) is 2. The SMILES string of the molecule is NC(N)C(C(=O)NC1CNCC(F)C1N1CCC(C(=O)N2CCC(N3CCCCC3)CC2)CC1)C1CC2(CCCCC2)CCC(F)/C=N\1. The minimum Gasteiger partial charge on any atom is -0.350 e. The summed E-state index contributed by atoms with van der Waals surface area (Å²) in [5.74, 6) is -0.959. The maximum atomic E-state index is 15.7. The predicted molar refractivity (Wildman–Crippen MR) is 185 cm³/mol. The van der Waals surface area contributed by atoms with Crippen molar-refractivity contribution in [1.82, 2.24) is 25.3 Å². The molecule has 10 nitrogen and oxygen atoms in total. The Labute approximate surface area is 286 Å². The van der Waals surface area contributed by atoms with Gasteiger partial charge >= 0.3 is 0 Å². The highest BCUT2D eigenvalue weighted by molar-refractivity contribution is 5.81. The molecule has 6 unspecified atom stereocenters. The molecule has 0 bridgehead atoms. The van der Waals surface area contributed by atoms with Crippen LogP contribution in [0, 0.1) is 17.3 Å². The Kier molecular flexibility index (Phi) is 12.4. The Bertz CT molecular complexity index is 1080. The second kappa shape index (κ2) is 16.5. The van der Waals surface area contributed by atoms with Gasteiger partial charge in [-0.05, 0) is 102 Å². The summed E-state index contributed by atoms with van der Waals surface area (Å²) in [6.07, 6.45) is 12.7. The molecule has 6 atom stereocenters. The molecule has 1 saturated carbocycles. The van der Waals surface area contributed by atoms with Crippen LogP contribution >= 0.6 is 0 Å². The number of nitrogens with two attached hydrogens (primary N) is 2. The van der Waals surface area contributed by atoms with Crippen LogP contribution in [0.4, 0.5) is 8.78 Å². The van der Waals surface area contributed by atoms with Gasteiger partial charge in [0.05, 0.1) is 30.2 Å². The van der Waals surface area contributed by atoms with Gasteiger partial charge in [-0.1, -0.05) is 25.7 Å². The molecule has 5 fully saturated rings. The van der Waals surface area contributed by atoms with Crippen molar-refractivity contribution in [3.8, 4) is 0 Å². The third-order valence-electron chi connectivity index (χ3n) is 12.9. The fourth-order valence-corrected chi connectivity index (χ4v) is 10.1. The molecule has 1 aliphatic carbocycles. The van der Waals surface area contributed by atoms with Crippen LogP contribution in [0.2, 0.25) is 0 Å². The molecule has 0 radical (unpaired) electrons. The molecular weight excluding hydrogens is 614 g/mol. The van der Waals surface area contributed by atoms with E-state index in [0.717, 1.165) is 58.0 Å². The van der Waals surface area contributed by atoms with Crippen molar-refractivity contribution in [2.75, 3.05) is 52.4 Å². The highest BCUT2D eigenvalue weighted by atomic mass is 19.1. The number of halogens is 2. The molecule has 0 aromatic heterocycles. The summed E-state index contributed by atoms with van der Waals surface area (Å²) in [7, 11) is 0. The van der Waals surface area contributed by atoms with Gasteiger partial charge in [-0.3, -0.25) is 19.5 Å². The highest BCUT2D eigenvalue weighted by Gasteiger charge is 2.45. The van der Waals surface area contributed by atoms with E-state index in [-0.39, 0.29) is 29.7 Å². The molecule has 6 N–H and O–H groups in total. The van der Waals surface area contributed by atoms with Crippen molar-refractivity contribution < 1.29 is 18.4 Å². The van der Waals surface area contributed by atoms with Gasteiger partial charge in [-0.25, -0.2) is 8.78 Å². The van der Waals surface area contributed by atoms with Crippen molar-refractivity contribution in [2.24, 2.45) is 33.7 Å². The van der Waals surface area contributed by atoms with Gasteiger partial charge in [0.15, 0.2) is 0 Å². The van der Waals surface area contributed by atoms with E-state index in [9.17, 15) is 14.0 Å². The first-order valence-electron chi connectivity index (χ1n) is 19.3. The molecular formula is C36H62F2N8O2. The van der Waals surface area contributed by atoms with Crippen molar-refractivity contribution >= 4 is 18.0 Å². The number of hydrogen-bond acceptors (Lipinski definition) is 8. The number of alkyl halides is 2.